The van der Waals surface area contributed by atoms with Gasteiger partial charge in [0.15, 0.2) is 0 Å². The number of hydrogen-bond donors (Lipinski definition) is 1. The first kappa shape index (κ1) is 15.4. The van der Waals surface area contributed by atoms with Gasteiger partial charge in [-0.15, -0.1) is 11.6 Å². The van der Waals surface area contributed by atoms with Gasteiger partial charge in [0.1, 0.15) is 5.82 Å². The first-order chi connectivity index (χ1) is 8.15. The van der Waals surface area contributed by atoms with Crippen molar-refractivity contribution in [3.05, 3.63) is 22.8 Å². The second kappa shape index (κ2) is 5.53. The van der Waals surface area contributed by atoms with Crippen LogP contribution in [0.5, 0.6) is 0 Å². The molecule has 0 radical (unpaired) electrons. The molecule has 0 aliphatic heterocycles. The van der Waals surface area contributed by atoms with Crippen molar-refractivity contribution < 1.29 is 13.2 Å². The average Bonchev–Trinajstić information content (AvgIpc) is 2.19. The largest absolute Gasteiger partial charge is 0.417 e. The summed E-state index contributed by atoms with van der Waals surface area (Å²) in [5.41, 5.74) is -1.26. The van der Waals surface area contributed by atoms with Crippen molar-refractivity contribution in [1.29, 1.82) is 0 Å². The molecule has 0 fully saturated rings. The predicted molar refractivity (Wildman–Crippen MR) is 67.3 cm³/mol. The van der Waals surface area contributed by atoms with Crippen LogP contribution in [0.4, 0.5) is 19.0 Å². The van der Waals surface area contributed by atoms with E-state index in [1.165, 1.54) is 0 Å². The Morgan fingerprint density at radius 3 is 2.39 bits per heavy atom. The third kappa shape index (κ3) is 4.21. The zero-order chi connectivity index (χ0) is 14.0. The van der Waals surface area contributed by atoms with Gasteiger partial charge in [0, 0.05) is 17.6 Å². The molecule has 0 aliphatic rings. The Bertz CT molecular complexity index is 419. The van der Waals surface area contributed by atoms with E-state index in [2.05, 4.69) is 10.3 Å². The summed E-state index contributed by atoms with van der Waals surface area (Å²) in [5, 5.41) is 2.91. The van der Waals surface area contributed by atoms with E-state index in [0.717, 1.165) is 12.3 Å². The summed E-state index contributed by atoms with van der Waals surface area (Å²) in [7, 11) is 0. The number of pyridine rings is 1. The first-order valence-electron chi connectivity index (χ1n) is 5.22. The van der Waals surface area contributed by atoms with Crippen LogP contribution in [0, 0.1) is 0 Å². The van der Waals surface area contributed by atoms with E-state index < -0.39 is 17.3 Å². The van der Waals surface area contributed by atoms with Crippen LogP contribution in [-0.2, 0) is 6.18 Å². The molecule has 0 spiro atoms. The summed E-state index contributed by atoms with van der Waals surface area (Å²) in [6.07, 6.45) is -3.06. The van der Waals surface area contributed by atoms with E-state index in [1.54, 1.807) is 0 Å². The third-order valence-corrected chi connectivity index (χ3v) is 2.82. The minimum atomic E-state index is -4.44. The quantitative estimate of drug-likeness (QED) is 0.824. The van der Waals surface area contributed by atoms with Gasteiger partial charge in [-0.05, 0) is 26.3 Å². The monoisotopic (exact) mass is 300 g/mol. The number of aromatic nitrogens is 1. The summed E-state index contributed by atoms with van der Waals surface area (Å²) in [6.45, 7) is 3.73. The van der Waals surface area contributed by atoms with E-state index in [9.17, 15) is 13.2 Å². The van der Waals surface area contributed by atoms with Gasteiger partial charge in [0.25, 0.3) is 0 Å². The van der Waals surface area contributed by atoms with Crippen molar-refractivity contribution in [2.75, 3.05) is 11.2 Å². The van der Waals surface area contributed by atoms with Crippen LogP contribution < -0.4 is 5.32 Å². The Labute approximate surface area is 113 Å². The van der Waals surface area contributed by atoms with Crippen LogP contribution in [0.1, 0.15) is 25.8 Å². The molecule has 2 nitrogen and oxygen atoms in total. The number of anilines is 1. The SMILES string of the molecule is CC(C)(CCCl)Nc1ncc(C(F)(F)F)cc1Cl. The lowest BCUT2D eigenvalue weighted by molar-refractivity contribution is -0.137. The second-order valence-corrected chi connectivity index (χ2v) is 5.29. The Balaban J connectivity index is 2.93. The van der Waals surface area contributed by atoms with Crippen LogP contribution in [0.15, 0.2) is 12.3 Å². The Morgan fingerprint density at radius 2 is 1.94 bits per heavy atom. The molecule has 0 saturated carbocycles. The Kier molecular flexibility index (Phi) is 4.72. The van der Waals surface area contributed by atoms with Crippen LogP contribution in [0.25, 0.3) is 0 Å². The number of halogens is 5. The van der Waals surface area contributed by atoms with Crippen molar-refractivity contribution >= 4 is 29.0 Å². The van der Waals surface area contributed by atoms with Gasteiger partial charge in [0.05, 0.1) is 10.6 Å². The van der Waals surface area contributed by atoms with E-state index >= 15 is 0 Å². The number of alkyl halides is 4. The third-order valence-electron chi connectivity index (χ3n) is 2.34. The molecule has 0 bridgehead atoms. The fourth-order valence-corrected chi connectivity index (χ4v) is 1.99. The van der Waals surface area contributed by atoms with Crippen LogP contribution >= 0.6 is 23.2 Å². The molecule has 1 aromatic rings. The van der Waals surface area contributed by atoms with Crippen LogP contribution in [0.3, 0.4) is 0 Å². The van der Waals surface area contributed by atoms with Gasteiger partial charge < -0.3 is 5.32 Å². The van der Waals surface area contributed by atoms with Crippen molar-refractivity contribution in [3.63, 3.8) is 0 Å². The van der Waals surface area contributed by atoms with Gasteiger partial charge >= 0.3 is 6.18 Å². The van der Waals surface area contributed by atoms with Crippen molar-refractivity contribution in [3.8, 4) is 0 Å². The minimum Gasteiger partial charge on any atom is -0.364 e. The molecule has 102 valence electrons. The van der Waals surface area contributed by atoms with Crippen molar-refractivity contribution in [2.45, 2.75) is 32.0 Å². The van der Waals surface area contributed by atoms with Crippen LogP contribution in [-0.4, -0.2) is 16.4 Å². The molecule has 1 aromatic heterocycles. The molecule has 0 aliphatic carbocycles. The normalized spacial score (nSPS) is 12.6. The molecule has 0 amide bonds. The molecule has 1 rings (SSSR count). The molecule has 7 heteroatoms. The van der Waals surface area contributed by atoms with Gasteiger partial charge in [-0.25, -0.2) is 4.98 Å². The van der Waals surface area contributed by atoms with Gasteiger partial charge in [-0.2, -0.15) is 13.2 Å². The lowest BCUT2D eigenvalue weighted by Crippen LogP contribution is -2.32. The second-order valence-electron chi connectivity index (χ2n) is 4.50. The highest BCUT2D eigenvalue weighted by Crippen LogP contribution is 2.33. The maximum atomic E-state index is 12.4. The molecule has 0 saturated heterocycles. The Hall–Kier alpha value is -0.680. The molecule has 1 N–H and O–H groups in total. The lowest BCUT2D eigenvalue weighted by atomic mass is 10.0. The van der Waals surface area contributed by atoms with Gasteiger partial charge in [-0.3, -0.25) is 0 Å². The summed E-state index contributed by atoms with van der Waals surface area (Å²) in [4.78, 5) is 3.71. The summed E-state index contributed by atoms with van der Waals surface area (Å²) in [6, 6.07) is 0.855. The number of nitrogens with zero attached hydrogens (tertiary/aromatic N) is 1. The first-order valence-corrected chi connectivity index (χ1v) is 6.14. The zero-order valence-electron chi connectivity index (χ0n) is 9.91. The number of rotatable bonds is 4. The molecular formula is C11H13Cl2F3N2. The summed E-state index contributed by atoms with van der Waals surface area (Å²) in [5.74, 6) is 0.651. The molecule has 18 heavy (non-hydrogen) atoms. The lowest BCUT2D eigenvalue weighted by Gasteiger charge is -2.26. The van der Waals surface area contributed by atoms with Gasteiger partial charge in [-0.1, -0.05) is 11.6 Å². The predicted octanol–water partition coefficient (Wildman–Crippen LogP) is 4.57. The van der Waals surface area contributed by atoms with E-state index in [1.807, 2.05) is 13.8 Å². The molecule has 0 unspecified atom stereocenters. The van der Waals surface area contributed by atoms with E-state index in [0.29, 0.717) is 12.3 Å². The highest BCUT2D eigenvalue weighted by Gasteiger charge is 2.32. The highest BCUT2D eigenvalue weighted by molar-refractivity contribution is 6.33. The van der Waals surface area contributed by atoms with E-state index in [-0.39, 0.29) is 10.8 Å². The van der Waals surface area contributed by atoms with Crippen molar-refractivity contribution in [2.24, 2.45) is 0 Å². The van der Waals surface area contributed by atoms with Crippen LogP contribution in [0.2, 0.25) is 5.02 Å². The maximum absolute atomic E-state index is 12.4. The van der Waals surface area contributed by atoms with Crippen molar-refractivity contribution in [1.82, 2.24) is 4.98 Å². The van der Waals surface area contributed by atoms with E-state index in [4.69, 9.17) is 23.2 Å². The smallest absolute Gasteiger partial charge is 0.364 e. The standard InChI is InChI=1S/C11H13Cl2F3N2/c1-10(2,3-4-12)18-9-8(13)5-7(6-17-9)11(14,15)16/h5-6H,3-4H2,1-2H3,(H,17,18). The number of hydrogen-bond acceptors (Lipinski definition) is 2. The summed E-state index contributed by atoms with van der Waals surface area (Å²) >= 11 is 11.4. The maximum Gasteiger partial charge on any atom is 0.417 e. The molecule has 0 atom stereocenters. The minimum absolute atomic E-state index is 0.0625. The zero-order valence-corrected chi connectivity index (χ0v) is 11.4. The Morgan fingerprint density at radius 1 is 1.33 bits per heavy atom. The summed E-state index contributed by atoms with van der Waals surface area (Å²) < 4.78 is 37.3. The fraction of sp³-hybridized carbons (Fsp3) is 0.545. The number of nitrogens with one attached hydrogen (secondary N) is 1. The topological polar surface area (TPSA) is 24.9 Å². The molecule has 1 heterocycles. The molecule has 0 aromatic carbocycles. The average molecular weight is 301 g/mol. The fourth-order valence-electron chi connectivity index (χ4n) is 1.30. The highest BCUT2D eigenvalue weighted by atomic mass is 35.5. The molecular weight excluding hydrogens is 288 g/mol. The van der Waals surface area contributed by atoms with Gasteiger partial charge in [0.2, 0.25) is 0 Å².